The molecule has 0 amide bonds. The summed E-state index contributed by atoms with van der Waals surface area (Å²) in [7, 11) is -3.65. The lowest BCUT2D eigenvalue weighted by Crippen LogP contribution is -2.51. The Morgan fingerprint density at radius 1 is 1.35 bits per heavy atom. The van der Waals surface area contributed by atoms with Gasteiger partial charge in [-0.25, -0.2) is 4.72 Å². The first-order valence-corrected chi connectivity index (χ1v) is 6.92. The van der Waals surface area contributed by atoms with Crippen LogP contribution < -0.4 is 15.2 Å². The number of amidine groups is 1. The number of hydrogen-bond donors (Lipinski definition) is 4. The summed E-state index contributed by atoms with van der Waals surface area (Å²) in [5, 5.41) is 11.4. The number of rotatable bonds is 7. The van der Waals surface area contributed by atoms with Gasteiger partial charge < -0.3 is 10.9 Å². The van der Waals surface area contributed by atoms with Crippen LogP contribution in [0.1, 0.15) is 27.7 Å². The second-order valence-electron chi connectivity index (χ2n) is 4.61. The number of nitrogens with zero attached hydrogens (tertiary/aromatic N) is 1. The molecule has 0 aliphatic rings. The minimum atomic E-state index is -3.65. The van der Waals surface area contributed by atoms with Crippen molar-refractivity contribution in [3.63, 3.8) is 0 Å². The molecule has 0 rings (SSSR count). The monoisotopic (exact) mass is 266 g/mol. The highest BCUT2D eigenvalue weighted by atomic mass is 32.2. The zero-order valence-electron chi connectivity index (χ0n) is 10.6. The molecule has 0 fully saturated rings. The lowest BCUT2D eigenvalue weighted by Gasteiger charge is -2.21. The van der Waals surface area contributed by atoms with Gasteiger partial charge in [-0.3, -0.25) is 0 Å². The van der Waals surface area contributed by atoms with E-state index in [1.165, 1.54) is 0 Å². The standard InChI is InChI=1S/C9H22N4O3S/c1-6(2)5-11-17(15,16)13-8(7(3)4)9(10)12-14/h6-8,11,13-14H,5H2,1-4H3,(H2,10,12). The van der Waals surface area contributed by atoms with Crippen molar-refractivity contribution >= 4 is 16.0 Å². The Balaban J connectivity index is 4.65. The zero-order valence-corrected chi connectivity index (χ0v) is 11.5. The third-order valence-corrected chi connectivity index (χ3v) is 3.18. The number of nitrogens with one attached hydrogen (secondary N) is 2. The van der Waals surface area contributed by atoms with E-state index in [9.17, 15) is 8.42 Å². The minimum absolute atomic E-state index is 0.124. The van der Waals surface area contributed by atoms with Crippen LogP contribution >= 0.6 is 0 Å². The molecule has 17 heavy (non-hydrogen) atoms. The fraction of sp³-hybridized carbons (Fsp3) is 0.889. The van der Waals surface area contributed by atoms with Crippen LogP contribution in [-0.2, 0) is 10.2 Å². The molecule has 5 N–H and O–H groups in total. The second kappa shape index (κ2) is 6.77. The van der Waals surface area contributed by atoms with Crippen LogP contribution in [0.25, 0.3) is 0 Å². The summed E-state index contributed by atoms with van der Waals surface area (Å²) in [6.45, 7) is 7.66. The maximum absolute atomic E-state index is 11.7. The number of oxime groups is 1. The summed E-state index contributed by atoms with van der Waals surface area (Å²) in [6, 6.07) is -0.732. The Labute approximate surface area is 103 Å². The Hall–Kier alpha value is -0.860. The van der Waals surface area contributed by atoms with E-state index in [0.717, 1.165) is 0 Å². The number of nitrogens with two attached hydrogens (primary N) is 1. The van der Waals surface area contributed by atoms with Gasteiger partial charge in [-0.05, 0) is 11.8 Å². The first kappa shape index (κ1) is 16.1. The molecule has 0 spiro atoms. The second-order valence-corrected chi connectivity index (χ2v) is 6.14. The van der Waals surface area contributed by atoms with E-state index >= 15 is 0 Å². The molecule has 1 atom stereocenters. The van der Waals surface area contributed by atoms with Crippen molar-refractivity contribution in [1.82, 2.24) is 9.44 Å². The largest absolute Gasteiger partial charge is 0.409 e. The Morgan fingerprint density at radius 2 is 1.88 bits per heavy atom. The van der Waals surface area contributed by atoms with Gasteiger partial charge in [0.1, 0.15) is 0 Å². The smallest absolute Gasteiger partial charge is 0.277 e. The molecule has 0 heterocycles. The van der Waals surface area contributed by atoms with Crippen LogP contribution in [0.4, 0.5) is 0 Å². The van der Waals surface area contributed by atoms with Gasteiger partial charge in [-0.15, -0.1) is 0 Å². The first-order valence-electron chi connectivity index (χ1n) is 5.44. The van der Waals surface area contributed by atoms with Gasteiger partial charge in [0.05, 0.1) is 6.04 Å². The van der Waals surface area contributed by atoms with Gasteiger partial charge in [0.15, 0.2) is 5.84 Å². The molecular formula is C9H22N4O3S. The van der Waals surface area contributed by atoms with Crippen molar-refractivity contribution in [3.8, 4) is 0 Å². The minimum Gasteiger partial charge on any atom is -0.409 e. The van der Waals surface area contributed by atoms with Crippen LogP contribution in [0.3, 0.4) is 0 Å². The maximum Gasteiger partial charge on any atom is 0.277 e. The average molecular weight is 266 g/mol. The van der Waals surface area contributed by atoms with E-state index in [1.807, 2.05) is 13.8 Å². The molecule has 102 valence electrons. The normalized spacial score (nSPS) is 15.5. The average Bonchev–Trinajstić information content (AvgIpc) is 2.22. The SMILES string of the molecule is CC(C)CNS(=O)(=O)NC(C(N)=NO)C(C)C. The molecule has 0 bridgehead atoms. The first-order chi connectivity index (χ1) is 7.69. The Kier molecular flexibility index (Phi) is 6.43. The third-order valence-electron chi connectivity index (χ3n) is 2.06. The summed E-state index contributed by atoms with van der Waals surface area (Å²) in [5.74, 6) is -0.0793. The molecule has 0 aliphatic carbocycles. The zero-order chi connectivity index (χ0) is 13.6. The van der Waals surface area contributed by atoms with E-state index < -0.39 is 16.3 Å². The molecule has 1 unspecified atom stereocenters. The lowest BCUT2D eigenvalue weighted by molar-refractivity contribution is 0.313. The van der Waals surface area contributed by atoms with Gasteiger partial charge in [-0.1, -0.05) is 32.9 Å². The molecule has 7 nitrogen and oxygen atoms in total. The van der Waals surface area contributed by atoms with Crippen LogP contribution in [0.15, 0.2) is 5.16 Å². The summed E-state index contributed by atoms with van der Waals surface area (Å²) in [5.41, 5.74) is 5.43. The highest BCUT2D eigenvalue weighted by Crippen LogP contribution is 2.03. The fourth-order valence-corrected chi connectivity index (χ4v) is 2.45. The van der Waals surface area contributed by atoms with Gasteiger partial charge in [0.25, 0.3) is 10.2 Å². The van der Waals surface area contributed by atoms with Crippen LogP contribution in [0.2, 0.25) is 0 Å². The highest BCUT2D eigenvalue weighted by molar-refractivity contribution is 7.87. The van der Waals surface area contributed by atoms with Crippen molar-refractivity contribution < 1.29 is 13.6 Å². The van der Waals surface area contributed by atoms with E-state index in [1.54, 1.807) is 13.8 Å². The molecular weight excluding hydrogens is 244 g/mol. The molecule has 0 aliphatic heterocycles. The van der Waals surface area contributed by atoms with Gasteiger partial charge in [-0.2, -0.15) is 13.1 Å². The lowest BCUT2D eigenvalue weighted by atomic mass is 10.1. The third kappa shape index (κ3) is 6.44. The fourth-order valence-electron chi connectivity index (χ4n) is 1.09. The Morgan fingerprint density at radius 3 is 2.24 bits per heavy atom. The maximum atomic E-state index is 11.7. The van der Waals surface area contributed by atoms with Gasteiger partial charge >= 0.3 is 0 Å². The summed E-state index contributed by atoms with van der Waals surface area (Å²) in [6.07, 6.45) is 0. The summed E-state index contributed by atoms with van der Waals surface area (Å²) >= 11 is 0. The Bertz CT molecular complexity index is 351. The van der Waals surface area contributed by atoms with E-state index in [-0.39, 0.29) is 17.7 Å². The number of hydrogen-bond acceptors (Lipinski definition) is 4. The molecule has 8 heteroatoms. The van der Waals surface area contributed by atoms with Gasteiger partial charge in [0.2, 0.25) is 0 Å². The summed E-state index contributed by atoms with van der Waals surface area (Å²) < 4.78 is 28.0. The van der Waals surface area contributed by atoms with Crippen molar-refractivity contribution in [3.05, 3.63) is 0 Å². The van der Waals surface area contributed by atoms with E-state index in [0.29, 0.717) is 6.54 Å². The van der Waals surface area contributed by atoms with Crippen molar-refractivity contribution in [2.75, 3.05) is 6.54 Å². The molecule has 0 radical (unpaired) electrons. The van der Waals surface area contributed by atoms with Crippen LogP contribution in [0, 0.1) is 11.8 Å². The molecule has 0 aromatic heterocycles. The molecule has 0 aromatic rings. The quantitative estimate of drug-likeness (QED) is 0.222. The van der Waals surface area contributed by atoms with E-state index in [2.05, 4.69) is 14.6 Å². The van der Waals surface area contributed by atoms with Crippen LogP contribution in [-0.4, -0.2) is 32.0 Å². The van der Waals surface area contributed by atoms with Gasteiger partial charge in [0, 0.05) is 6.54 Å². The molecule has 0 saturated heterocycles. The topological polar surface area (TPSA) is 117 Å². The predicted molar refractivity (Wildman–Crippen MR) is 66.9 cm³/mol. The molecule has 0 saturated carbocycles. The van der Waals surface area contributed by atoms with Crippen molar-refractivity contribution in [1.29, 1.82) is 0 Å². The van der Waals surface area contributed by atoms with Crippen LogP contribution in [0.5, 0.6) is 0 Å². The molecule has 0 aromatic carbocycles. The van der Waals surface area contributed by atoms with Crippen molar-refractivity contribution in [2.24, 2.45) is 22.7 Å². The van der Waals surface area contributed by atoms with Crippen molar-refractivity contribution in [2.45, 2.75) is 33.7 Å². The highest BCUT2D eigenvalue weighted by Gasteiger charge is 2.24. The van der Waals surface area contributed by atoms with E-state index in [4.69, 9.17) is 10.9 Å². The summed E-state index contributed by atoms with van der Waals surface area (Å²) in [4.78, 5) is 0. The predicted octanol–water partition coefficient (Wildman–Crippen LogP) is -0.163.